The van der Waals surface area contributed by atoms with Crippen molar-refractivity contribution in [2.24, 2.45) is 5.73 Å². The highest BCUT2D eigenvalue weighted by Crippen LogP contribution is 2.24. The van der Waals surface area contributed by atoms with Gasteiger partial charge in [-0.15, -0.1) is 0 Å². The van der Waals surface area contributed by atoms with Crippen LogP contribution in [0.25, 0.3) is 11.0 Å². The third-order valence-electron chi connectivity index (χ3n) is 3.19. The summed E-state index contributed by atoms with van der Waals surface area (Å²) in [6.07, 6.45) is 0. The third-order valence-corrected chi connectivity index (χ3v) is 3.19. The molecule has 0 bridgehead atoms. The predicted octanol–water partition coefficient (Wildman–Crippen LogP) is 3.20. The van der Waals surface area contributed by atoms with E-state index in [9.17, 15) is 0 Å². The van der Waals surface area contributed by atoms with Gasteiger partial charge in [0.1, 0.15) is 5.82 Å². The Labute approximate surface area is 103 Å². The van der Waals surface area contributed by atoms with Crippen molar-refractivity contribution in [1.29, 1.82) is 0 Å². The van der Waals surface area contributed by atoms with Crippen LogP contribution < -0.4 is 5.73 Å². The standard InChI is InChI=1S/C14H21N3/c1-5-17-13-7-6-11(9(2)3)8-12(13)16-14(17)10(4)15/h6-10H,5,15H2,1-4H3. The molecule has 0 amide bonds. The first kappa shape index (κ1) is 12.1. The maximum atomic E-state index is 5.97. The summed E-state index contributed by atoms with van der Waals surface area (Å²) in [5.41, 5.74) is 9.54. The zero-order valence-corrected chi connectivity index (χ0v) is 11.1. The fraction of sp³-hybridized carbons (Fsp3) is 0.500. The summed E-state index contributed by atoms with van der Waals surface area (Å²) in [5, 5.41) is 0. The van der Waals surface area contributed by atoms with Crippen LogP contribution in [0.1, 0.15) is 51.0 Å². The van der Waals surface area contributed by atoms with Crippen LogP contribution in [-0.4, -0.2) is 9.55 Å². The summed E-state index contributed by atoms with van der Waals surface area (Å²) in [5.74, 6) is 1.51. The van der Waals surface area contributed by atoms with Crippen molar-refractivity contribution >= 4 is 11.0 Å². The molecule has 0 saturated heterocycles. The van der Waals surface area contributed by atoms with Gasteiger partial charge in [0.05, 0.1) is 17.1 Å². The molecule has 3 heteroatoms. The van der Waals surface area contributed by atoms with Gasteiger partial charge in [-0.2, -0.15) is 0 Å². The number of aromatic nitrogens is 2. The smallest absolute Gasteiger partial charge is 0.126 e. The van der Waals surface area contributed by atoms with Crippen molar-refractivity contribution < 1.29 is 0 Å². The van der Waals surface area contributed by atoms with Crippen molar-refractivity contribution in [2.75, 3.05) is 0 Å². The normalized spacial score (nSPS) is 13.5. The van der Waals surface area contributed by atoms with Crippen molar-refractivity contribution in [3.63, 3.8) is 0 Å². The Morgan fingerprint density at radius 1 is 1.29 bits per heavy atom. The van der Waals surface area contributed by atoms with E-state index in [0.29, 0.717) is 5.92 Å². The molecule has 0 spiro atoms. The van der Waals surface area contributed by atoms with Gasteiger partial charge in [0.15, 0.2) is 0 Å². The van der Waals surface area contributed by atoms with Crippen LogP contribution in [0, 0.1) is 0 Å². The van der Waals surface area contributed by atoms with Crippen molar-refractivity contribution in [2.45, 2.75) is 46.2 Å². The molecule has 1 heterocycles. The molecule has 0 aliphatic rings. The number of imidazole rings is 1. The molecule has 2 rings (SSSR count). The summed E-state index contributed by atoms with van der Waals surface area (Å²) < 4.78 is 2.20. The first-order valence-corrected chi connectivity index (χ1v) is 6.30. The molecule has 92 valence electrons. The topological polar surface area (TPSA) is 43.8 Å². The molecule has 0 aliphatic carbocycles. The Hall–Kier alpha value is -1.35. The zero-order chi connectivity index (χ0) is 12.6. The number of fused-ring (bicyclic) bond motifs is 1. The molecular formula is C14H21N3. The van der Waals surface area contributed by atoms with Crippen LogP contribution >= 0.6 is 0 Å². The molecule has 0 aliphatic heterocycles. The third kappa shape index (κ3) is 2.07. The van der Waals surface area contributed by atoms with Crippen LogP contribution in [-0.2, 0) is 6.54 Å². The number of aryl methyl sites for hydroxylation is 1. The highest BCUT2D eigenvalue weighted by molar-refractivity contribution is 5.77. The highest BCUT2D eigenvalue weighted by atomic mass is 15.1. The summed E-state index contributed by atoms with van der Waals surface area (Å²) in [6, 6.07) is 6.50. The number of nitrogens with zero attached hydrogens (tertiary/aromatic N) is 2. The van der Waals surface area contributed by atoms with Gasteiger partial charge < -0.3 is 10.3 Å². The Balaban J connectivity index is 2.64. The van der Waals surface area contributed by atoms with E-state index in [1.54, 1.807) is 0 Å². The molecule has 1 aromatic heterocycles. The molecule has 2 N–H and O–H groups in total. The predicted molar refractivity (Wildman–Crippen MR) is 72.1 cm³/mol. The van der Waals surface area contributed by atoms with Crippen LogP contribution in [0.3, 0.4) is 0 Å². The van der Waals surface area contributed by atoms with E-state index in [2.05, 4.69) is 48.5 Å². The lowest BCUT2D eigenvalue weighted by Gasteiger charge is -2.08. The molecule has 0 fully saturated rings. The van der Waals surface area contributed by atoms with Gasteiger partial charge in [-0.25, -0.2) is 4.98 Å². The quantitative estimate of drug-likeness (QED) is 0.881. The molecule has 0 radical (unpaired) electrons. The lowest BCUT2D eigenvalue weighted by atomic mass is 10.0. The van der Waals surface area contributed by atoms with Gasteiger partial charge in [0.25, 0.3) is 0 Å². The van der Waals surface area contributed by atoms with Crippen molar-refractivity contribution in [3.05, 3.63) is 29.6 Å². The van der Waals surface area contributed by atoms with E-state index in [-0.39, 0.29) is 6.04 Å². The van der Waals surface area contributed by atoms with Gasteiger partial charge in [-0.3, -0.25) is 0 Å². The second-order valence-electron chi connectivity index (χ2n) is 4.91. The zero-order valence-electron chi connectivity index (χ0n) is 11.1. The van der Waals surface area contributed by atoms with Gasteiger partial charge >= 0.3 is 0 Å². The van der Waals surface area contributed by atoms with Crippen molar-refractivity contribution in [1.82, 2.24) is 9.55 Å². The first-order valence-electron chi connectivity index (χ1n) is 6.30. The molecule has 3 nitrogen and oxygen atoms in total. The van der Waals surface area contributed by atoms with E-state index in [4.69, 9.17) is 5.73 Å². The van der Waals surface area contributed by atoms with E-state index < -0.39 is 0 Å². The van der Waals surface area contributed by atoms with Gasteiger partial charge in [0.2, 0.25) is 0 Å². The number of hydrogen-bond donors (Lipinski definition) is 1. The van der Waals surface area contributed by atoms with Crippen LogP contribution in [0.15, 0.2) is 18.2 Å². The molecule has 1 atom stereocenters. The number of hydrogen-bond acceptors (Lipinski definition) is 2. The average Bonchev–Trinajstić information content (AvgIpc) is 2.66. The minimum absolute atomic E-state index is 0.0233. The average molecular weight is 231 g/mol. The van der Waals surface area contributed by atoms with Crippen LogP contribution in [0.2, 0.25) is 0 Å². The second-order valence-corrected chi connectivity index (χ2v) is 4.91. The Bertz CT molecular complexity index is 523. The number of benzene rings is 1. The van der Waals surface area contributed by atoms with E-state index >= 15 is 0 Å². The van der Waals surface area contributed by atoms with Crippen LogP contribution in [0.5, 0.6) is 0 Å². The minimum Gasteiger partial charge on any atom is -0.327 e. The molecule has 17 heavy (non-hydrogen) atoms. The Morgan fingerprint density at radius 2 is 2.00 bits per heavy atom. The van der Waals surface area contributed by atoms with Crippen LogP contribution in [0.4, 0.5) is 0 Å². The number of rotatable bonds is 3. The maximum absolute atomic E-state index is 5.97. The molecule has 0 saturated carbocycles. The van der Waals surface area contributed by atoms with Crippen molar-refractivity contribution in [3.8, 4) is 0 Å². The first-order chi connectivity index (χ1) is 8.04. The lowest BCUT2D eigenvalue weighted by Crippen LogP contribution is -2.12. The Morgan fingerprint density at radius 3 is 2.53 bits per heavy atom. The molecule has 1 unspecified atom stereocenters. The monoisotopic (exact) mass is 231 g/mol. The van der Waals surface area contributed by atoms with E-state index in [1.807, 2.05) is 6.92 Å². The maximum Gasteiger partial charge on any atom is 0.126 e. The second kappa shape index (κ2) is 4.49. The molecular weight excluding hydrogens is 210 g/mol. The van der Waals surface area contributed by atoms with E-state index in [1.165, 1.54) is 11.1 Å². The largest absolute Gasteiger partial charge is 0.327 e. The fourth-order valence-corrected chi connectivity index (χ4v) is 2.20. The van der Waals surface area contributed by atoms with Gasteiger partial charge in [0, 0.05) is 6.54 Å². The summed E-state index contributed by atoms with van der Waals surface area (Å²) in [4.78, 5) is 4.66. The highest BCUT2D eigenvalue weighted by Gasteiger charge is 2.13. The molecule has 1 aromatic carbocycles. The summed E-state index contributed by atoms with van der Waals surface area (Å²) >= 11 is 0. The Kier molecular flexibility index (Phi) is 3.20. The summed E-state index contributed by atoms with van der Waals surface area (Å²) in [6.45, 7) is 9.42. The van der Waals surface area contributed by atoms with E-state index in [0.717, 1.165) is 17.9 Å². The van der Waals surface area contributed by atoms with Gasteiger partial charge in [-0.1, -0.05) is 19.9 Å². The minimum atomic E-state index is -0.0233. The SMILES string of the molecule is CCn1c(C(C)N)nc2cc(C(C)C)ccc21. The molecule has 2 aromatic rings. The number of nitrogens with two attached hydrogens (primary N) is 1. The fourth-order valence-electron chi connectivity index (χ4n) is 2.20. The summed E-state index contributed by atoms with van der Waals surface area (Å²) in [7, 11) is 0. The van der Waals surface area contributed by atoms with Gasteiger partial charge in [-0.05, 0) is 37.5 Å². The lowest BCUT2D eigenvalue weighted by molar-refractivity contribution is 0.650.